The van der Waals surface area contributed by atoms with E-state index in [-0.39, 0.29) is 10.7 Å². The molecule has 0 amide bonds. The van der Waals surface area contributed by atoms with Crippen LogP contribution in [0.4, 0.5) is 0 Å². The van der Waals surface area contributed by atoms with Crippen molar-refractivity contribution in [2.45, 2.75) is 24.6 Å². The molecule has 10 heavy (non-hydrogen) atoms. The summed E-state index contributed by atoms with van der Waals surface area (Å²) in [5, 5.41) is 0. The van der Waals surface area contributed by atoms with E-state index in [1.54, 1.807) is 0 Å². The van der Waals surface area contributed by atoms with Crippen LogP contribution in [-0.2, 0) is 4.79 Å². The van der Waals surface area contributed by atoms with E-state index in [1.807, 2.05) is 0 Å². The molecule has 2 heteroatoms. The van der Waals surface area contributed by atoms with Crippen molar-refractivity contribution in [3.05, 3.63) is 11.6 Å². The van der Waals surface area contributed by atoms with Crippen molar-refractivity contribution < 1.29 is 4.79 Å². The lowest BCUT2D eigenvalue weighted by molar-refractivity contribution is -0.111. The van der Waals surface area contributed by atoms with Crippen LogP contribution in [0.1, 0.15) is 19.8 Å². The fourth-order valence-electron chi connectivity index (χ4n) is 1.18. The van der Waals surface area contributed by atoms with Crippen LogP contribution in [0, 0.1) is 5.92 Å². The van der Waals surface area contributed by atoms with Gasteiger partial charge in [-0.05, 0) is 19.8 Å². The van der Waals surface area contributed by atoms with Crippen LogP contribution in [0.2, 0.25) is 0 Å². The topological polar surface area (TPSA) is 17.1 Å². The first-order valence-corrected chi connectivity index (χ1v) is 4.42. The van der Waals surface area contributed by atoms with Crippen molar-refractivity contribution in [3.63, 3.8) is 0 Å². The first-order chi connectivity index (χ1) is 4.74. The Kier molecular flexibility index (Phi) is 2.66. The van der Waals surface area contributed by atoms with Crippen molar-refractivity contribution in [2.24, 2.45) is 5.92 Å². The summed E-state index contributed by atoms with van der Waals surface area (Å²) in [5.74, 6) is 0.198. The Hall–Kier alpha value is -0.110. The van der Waals surface area contributed by atoms with E-state index in [4.69, 9.17) is 0 Å². The van der Waals surface area contributed by atoms with Gasteiger partial charge in [-0.25, -0.2) is 0 Å². The fourth-order valence-corrected chi connectivity index (χ4v) is 2.02. The number of alkyl halides is 1. The second-order valence-electron chi connectivity index (χ2n) is 2.80. The van der Waals surface area contributed by atoms with Crippen molar-refractivity contribution in [3.8, 4) is 0 Å². The quantitative estimate of drug-likeness (QED) is 0.363. The molecule has 0 heterocycles. The first kappa shape index (κ1) is 7.99. The van der Waals surface area contributed by atoms with Crippen LogP contribution < -0.4 is 0 Å². The van der Waals surface area contributed by atoms with Gasteiger partial charge in [0.25, 0.3) is 0 Å². The maximum Gasteiger partial charge on any atom is 0.124 e. The molecule has 1 aliphatic carbocycles. The normalized spacial score (nSPS) is 33.2. The average Bonchev–Trinajstić information content (AvgIpc) is 1.88. The Morgan fingerprint density at radius 2 is 2.50 bits per heavy atom. The highest BCUT2D eigenvalue weighted by Gasteiger charge is 2.19. The Morgan fingerprint density at radius 1 is 1.80 bits per heavy atom. The Morgan fingerprint density at radius 3 is 3.00 bits per heavy atom. The lowest BCUT2D eigenvalue weighted by atomic mass is 9.91. The van der Waals surface area contributed by atoms with Crippen molar-refractivity contribution in [1.29, 1.82) is 0 Å². The molecule has 1 rings (SSSR count). The van der Waals surface area contributed by atoms with Gasteiger partial charge in [0.15, 0.2) is 0 Å². The molecule has 0 bridgehead atoms. The van der Waals surface area contributed by atoms with Gasteiger partial charge >= 0.3 is 0 Å². The highest BCUT2D eigenvalue weighted by molar-refractivity contribution is 9.09. The molecule has 2 atom stereocenters. The zero-order chi connectivity index (χ0) is 7.56. The fraction of sp³-hybridized carbons (Fsp3) is 0.625. The molecular weight excluding hydrogens is 192 g/mol. The third-order valence-corrected chi connectivity index (χ3v) is 2.84. The predicted octanol–water partition coefficient (Wildman–Crippen LogP) is 2.31. The maximum atomic E-state index is 10.4. The number of carbonyl (C=O) groups is 1. The zero-order valence-corrected chi connectivity index (χ0v) is 7.60. The van der Waals surface area contributed by atoms with Crippen molar-refractivity contribution in [2.75, 3.05) is 0 Å². The average molecular weight is 203 g/mol. The summed E-state index contributed by atoms with van der Waals surface area (Å²) in [6, 6.07) is 0. The first-order valence-electron chi connectivity index (χ1n) is 3.50. The molecule has 0 radical (unpaired) electrons. The second kappa shape index (κ2) is 3.33. The van der Waals surface area contributed by atoms with Crippen LogP contribution in [0.15, 0.2) is 11.6 Å². The number of allylic oxidation sites excluding steroid dienone is 2. The summed E-state index contributed by atoms with van der Waals surface area (Å²) in [4.78, 5) is 10.7. The molecule has 0 aromatic rings. The summed E-state index contributed by atoms with van der Waals surface area (Å²) >= 11 is 3.45. The van der Waals surface area contributed by atoms with Crippen LogP contribution in [0.3, 0.4) is 0 Å². The van der Waals surface area contributed by atoms with Gasteiger partial charge in [-0.1, -0.05) is 27.6 Å². The molecule has 0 fully saturated rings. The van der Waals surface area contributed by atoms with Crippen LogP contribution in [-0.4, -0.2) is 11.1 Å². The van der Waals surface area contributed by atoms with E-state index in [0.29, 0.717) is 0 Å². The monoisotopic (exact) mass is 202 g/mol. The molecule has 56 valence electrons. The third-order valence-electron chi connectivity index (χ3n) is 1.90. The summed E-state index contributed by atoms with van der Waals surface area (Å²) < 4.78 is 0. The Balaban J connectivity index is 2.63. The highest BCUT2D eigenvalue weighted by atomic mass is 79.9. The minimum absolute atomic E-state index is 0.198. The van der Waals surface area contributed by atoms with E-state index in [0.717, 1.165) is 19.1 Å². The molecule has 1 aliphatic rings. The highest BCUT2D eigenvalue weighted by Crippen LogP contribution is 2.26. The largest absolute Gasteiger partial charge is 0.303 e. The summed E-state index contributed by atoms with van der Waals surface area (Å²) in [5.41, 5.74) is 1.39. The van der Waals surface area contributed by atoms with Crippen LogP contribution in [0.25, 0.3) is 0 Å². The zero-order valence-electron chi connectivity index (χ0n) is 6.01. The molecule has 0 aromatic heterocycles. The van der Waals surface area contributed by atoms with E-state index in [1.165, 1.54) is 5.57 Å². The molecule has 0 aromatic carbocycles. The summed E-state index contributed by atoms with van der Waals surface area (Å²) in [7, 11) is 0. The van der Waals surface area contributed by atoms with Gasteiger partial charge in [-0.2, -0.15) is 0 Å². The van der Waals surface area contributed by atoms with Gasteiger partial charge in [-0.3, -0.25) is 0 Å². The summed E-state index contributed by atoms with van der Waals surface area (Å²) in [6.07, 6.45) is 5.25. The summed E-state index contributed by atoms with van der Waals surface area (Å²) in [6.45, 7) is 2.11. The van der Waals surface area contributed by atoms with Gasteiger partial charge in [0.05, 0.1) is 0 Å². The Labute approximate surface area is 69.6 Å². The van der Waals surface area contributed by atoms with Crippen molar-refractivity contribution >= 4 is 22.2 Å². The van der Waals surface area contributed by atoms with Gasteiger partial charge in [0.2, 0.25) is 0 Å². The standard InChI is InChI=1S/C8H11BrO/c1-6-2-3-7(5-10)8(9)4-6/h4-5,7-8H,2-3H2,1H3. The number of halogens is 1. The molecular formula is C8H11BrO. The molecule has 0 saturated heterocycles. The van der Waals surface area contributed by atoms with Crippen LogP contribution in [0.5, 0.6) is 0 Å². The minimum atomic E-state index is 0.198. The van der Waals surface area contributed by atoms with E-state index >= 15 is 0 Å². The van der Waals surface area contributed by atoms with E-state index in [9.17, 15) is 4.79 Å². The minimum Gasteiger partial charge on any atom is -0.303 e. The maximum absolute atomic E-state index is 10.4. The second-order valence-corrected chi connectivity index (χ2v) is 3.85. The number of hydrogen-bond donors (Lipinski definition) is 0. The SMILES string of the molecule is CC1=CC(Br)C(C=O)CC1. The molecule has 0 aliphatic heterocycles. The molecule has 0 spiro atoms. The molecule has 0 saturated carbocycles. The van der Waals surface area contributed by atoms with Crippen LogP contribution >= 0.6 is 15.9 Å². The molecule has 2 unspecified atom stereocenters. The van der Waals surface area contributed by atoms with Gasteiger partial charge < -0.3 is 4.79 Å². The molecule has 0 N–H and O–H groups in total. The third kappa shape index (κ3) is 1.69. The van der Waals surface area contributed by atoms with E-state index in [2.05, 4.69) is 28.9 Å². The number of aldehydes is 1. The predicted molar refractivity (Wildman–Crippen MR) is 45.3 cm³/mol. The lowest BCUT2D eigenvalue weighted by Crippen LogP contribution is -2.17. The van der Waals surface area contributed by atoms with Gasteiger partial charge in [-0.15, -0.1) is 0 Å². The number of carbonyl (C=O) groups excluding carboxylic acids is 1. The molecule has 1 nitrogen and oxygen atoms in total. The number of hydrogen-bond acceptors (Lipinski definition) is 1. The van der Waals surface area contributed by atoms with Gasteiger partial charge in [0.1, 0.15) is 6.29 Å². The Bertz CT molecular complexity index is 163. The number of rotatable bonds is 1. The van der Waals surface area contributed by atoms with Crippen molar-refractivity contribution in [1.82, 2.24) is 0 Å². The lowest BCUT2D eigenvalue weighted by Gasteiger charge is -2.19. The smallest absolute Gasteiger partial charge is 0.124 e. The van der Waals surface area contributed by atoms with Gasteiger partial charge in [0, 0.05) is 10.7 Å². The van der Waals surface area contributed by atoms with E-state index < -0.39 is 0 Å².